The summed E-state index contributed by atoms with van der Waals surface area (Å²) in [7, 11) is 1.32. The molecular weight excluding hydrogens is 560 g/mol. The number of rotatable bonds is 6. The molecule has 228 valence electrons. The molecular formula is C28H32O14. The molecule has 0 aromatic heterocycles. The van der Waals surface area contributed by atoms with Crippen LogP contribution in [-0.4, -0.2) is 122 Å². The van der Waals surface area contributed by atoms with Gasteiger partial charge in [-0.3, -0.25) is 9.59 Å². The standard InChI is InChI=1S/C28H32O14/c1-9-4-12-17(14(29)5-9)22(33)18-13(20(12)31)6-11(38-3)7-15(18)41-28-26(37)24(35)21(32)16(42-28)8-39-27-25(36)23(34)19(30)10(2)40-27/h4-7,10,16,19,21,23-30,32,34-37H,8H2,1-3H3. The Morgan fingerprint density at radius 1 is 0.762 bits per heavy atom. The maximum absolute atomic E-state index is 13.6. The Morgan fingerprint density at radius 3 is 2.10 bits per heavy atom. The van der Waals surface area contributed by atoms with Crippen molar-refractivity contribution < 1.29 is 69.0 Å². The van der Waals surface area contributed by atoms with Crippen LogP contribution in [0.25, 0.3) is 0 Å². The molecule has 2 fully saturated rings. The first-order valence-corrected chi connectivity index (χ1v) is 13.2. The summed E-state index contributed by atoms with van der Waals surface area (Å²) in [5.41, 5.74) is -0.00518. The quantitative estimate of drug-likeness (QED) is 0.173. The minimum atomic E-state index is -1.84. The van der Waals surface area contributed by atoms with Crippen molar-refractivity contribution in [1.29, 1.82) is 0 Å². The maximum Gasteiger partial charge on any atom is 0.229 e. The van der Waals surface area contributed by atoms with E-state index in [4.69, 9.17) is 23.7 Å². The predicted octanol–water partition coefficient (Wildman–Crippen LogP) is -1.48. The average Bonchev–Trinajstić information content (AvgIpc) is 2.95. The molecule has 2 heterocycles. The summed E-state index contributed by atoms with van der Waals surface area (Å²) in [6, 6.07) is 5.41. The second kappa shape index (κ2) is 11.5. The average molecular weight is 593 g/mol. The Morgan fingerprint density at radius 2 is 1.40 bits per heavy atom. The maximum atomic E-state index is 13.6. The van der Waals surface area contributed by atoms with Gasteiger partial charge in [0.2, 0.25) is 12.1 Å². The lowest BCUT2D eigenvalue weighted by Crippen LogP contribution is -2.61. The molecule has 2 aromatic rings. The number of fused-ring (bicyclic) bond motifs is 2. The summed E-state index contributed by atoms with van der Waals surface area (Å²) in [5, 5.41) is 72.4. The van der Waals surface area contributed by atoms with E-state index in [2.05, 4.69) is 0 Å². The number of aliphatic hydroxyl groups is 6. The van der Waals surface area contributed by atoms with Gasteiger partial charge in [0.05, 0.1) is 30.9 Å². The summed E-state index contributed by atoms with van der Waals surface area (Å²) in [4.78, 5) is 27.0. The molecule has 14 nitrogen and oxygen atoms in total. The minimum Gasteiger partial charge on any atom is -0.507 e. The van der Waals surface area contributed by atoms with Crippen molar-refractivity contribution in [3.8, 4) is 17.2 Å². The van der Waals surface area contributed by atoms with Gasteiger partial charge >= 0.3 is 0 Å². The van der Waals surface area contributed by atoms with Crippen LogP contribution >= 0.6 is 0 Å². The number of phenols is 1. The van der Waals surface area contributed by atoms with Crippen molar-refractivity contribution in [1.82, 2.24) is 0 Å². The molecule has 14 heteroatoms. The number of methoxy groups -OCH3 is 1. The molecule has 3 aliphatic rings. The number of ether oxygens (including phenoxy) is 5. The highest BCUT2D eigenvalue weighted by molar-refractivity contribution is 6.30. The first kappa shape index (κ1) is 30.3. The van der Waals surface area contributed by atoms with Crippen LogP contribution in [0.5, 0.6) is 17.2 Å². The fraction of sp³-hybridized carbons (Fsp3) is 0.500. The number of phenolic OH excluding ortho intramolecular Hbond substituents is 1. The molecule has 7 N–H and O–H groups in total. The second-order valence-electron chi connectivity index (χ2n) is 10.6. The highest BCUT2D eigenvalue weighted by Gasteiger charge is 2.48. The van der Waals surface area contributed by atoms with Gasteiger partial charge in [-0.05, 0) is 37.6 Å². The van der Waals surface area contributed by atoms with Gasteiger partial charge in [0, 0.05) is 17.2 Å². The van der Waals surface area contributed by atoms with Crippen molar-refractivity contribution in [2.24, 2.45) is 0 Å². The lowest BCUT2D eigenvalue weighted by atomic mass is 9.82. The minimum absolute atomic E-state index is 0.00649. The molecule has 10 unspecified atom stereocenters. The van der Waals surface area contributed by atoms with Crippen LogP contribution < -0.4 is 9.47 Å². The van der Waals surface area contributed by atoms with Gasteiger partial charge in [0.25, 0.3) is 0 Å². The summed E-state index contributed by atoms with van der Waals surface area (Å²) in [6.07, 6.45) is -15.4. The third-order valence-corrected chi connectivity index (χ3v) is 7.66. The monoisotopic (exact) mass is 592 g/mol. The topological polar surface area (TPSA) is 222 Å². The number of carbonyl (C=O) groups excluding carboxylic acids is 2. The van der Waals surface area contributed by atoms with E-state index in [1.807, 2.05) is 0 Å². The molecule has 0 radical (unpaired) electrons. The molecule has 0 amide bonds. The number of carbonyl (C=O) groups is 2. The van der Waals surface area contributed by atoms with Crippen molar-refractivity contribution in [2.45, 2.75) is 75.3 Å². The van der Waals surface area contributed by atoms with Gasteiger partial charge in [0.1, 0.15) is 60.0 Å². The zero-order chi connectivity index (χ0) is 30.6. The van der Waals surface area contributed by atoms with Crippen LogP contribution in [0.4, 0.5) is 0 Å². The summed E-state index contributed by atoms with van der Waals surface area (Å²) < 4.78 is 27.6. The van der Waals surface area contributed by atoms with Crippen LogP contribution in [0.1, 0.15) is 44.3 Å². The number of hydrogen-bond donors (Lipinski definition) is 7. The lowest BCUT2D eigenvalue weighted by molar-refractivity contribution is -0.318. The third kappa shape index (κ3) is 5.15. The van der Waals surface area contributed by atoms with Crippen molar-refractivity contribution in [2.75, 3.05) is 13.7 Å². The van der Waals surface area contributed by atoms with E-state index >= 15 is 0 Å². The van der Waals surface area contributed by atoms with Crippen LogP contribution in [0.15, 0.2) is 24.3 Å². The van der Waals surface area contributed by atoms with Gasteiger partial charge in [0.15, 0.2) is 12.1 Å². The Labute approximate surface area is 239 Å². The van der Waals surface area contributed by atoms with E-state index in [-0.39, 0.29) is 33.8 Å². The number of ketones is 2. The summed E-state index contributed by atoms with van der Waals surface area (Å²) in [6.45, 7) is 2.57. The van der Waals surface area contributed by atoms with Crippen molar-refractivity contribution in [3.05, 3.63) is 52.1 Å². The normalized spacial score (nSPS) is 34.5. The van der Waals surface area contributed by atoms with E-state index < -0.39 is 85.3 Å². The molecule has 2 aromatic carbocycles. The molecule has 0 bridgehead atoms. The summed E-state index contributed by atoms with van der Waals surface area (Å²) >= 11 is 0. The van der Waals surface area contributed by atoms with E-state index in [1.54, 1.807) is 6.92 Å². The molecule has 42 heavy (non-hydrogen) atoms. The summed E-state index contributed by atoms with van der Waals surface area (Å²) in [5.74, 6) is -1.87. The molecule has 0 saturated carbocycles. The number of aromatic hydroxyl groups is 1. The van der Waals surface area contributed by atoms with E-state index in [0.29, 0.717) is 5.56 Å². The molecule has 1 aliphatic carbocycles. The smallest absolute Gasteiger partial charge is 0.229 e. The number of aliphatic hydroxyl groups excluding tert-OH is 6. The Bertz CT molecular complexity index is 1380. The SMILES string of the molecule is COc1cc(OC2OC(COC3OC(C)C(O)C(O)C3O)C(O)C(O)C2O)c2c(c1)C(=O)c1cc(C)cc(O)c1C2=O. The highest BCUT2D eigenvalue weighted by Crippen LogP contribution is 2.41. The zero-order valence-corrected chi connectivity index (χ0v) is 22.8. The third-order valence-electron chi connectivity index (χ3n) is 7.66. The molecule has 2 aliphatic heterocycles. The van der Waals surface area contributed by atoms with Crippen LogP contribution in [0.3, 0.4) is 0 Å². The van der Waals surface area contributed by atoms with E-state index in [1.165, 1.54) is 38.3 Å². The first-order chi connectivity index (χ1) is 19.8. The molecule has 5 rings (SSSR count). The van der Waals surface area contributed by atoms with Gasteiger partial charge in [-0.15, -0.1) is 0 Å². The largest absolute Gasteiger partial charge is 0.507 e. The Balaban J connectivity index is 1.42. The van der Waals surface area contributed by atoms with Crippen LogP contribution in [0, 0.1) is 6.92 Å². The zero-order valence-electron chi connectivity index (χ0n) is 22.8. The molecule has 10 atom stereocenters. The lowest BCUT2D eigenvalue weighted by Gasteiger charge is -2.42. The van der Waals surface area contributed by atoms with Gasteiger partial charge < -0.3 is 59.4 Å². The van der Waals surface area contributed by atoms with Crippen molar-refractivity contribution >= 4 is 11.6 Å². The van der Waals surface area contributed by atoms with Crippen LogP contribution in [-0.2, 0) is 14.2 Å². The first-order valence-electron chi connectivity index (χ1n) is 13.2. The Hall–Kier alpha value is -3.18. The van der Waals surface area contributed by atoms with Gasteiger partial charge in [-0.2, -0.15) is 0 Å². The second-order valence-corrected chi connectivity index (χ2v) is 10.6. The van der Waals surface area contributed by atoms with Gasteiger partial charge in [-0.25, -0.2) is 0 Å². The fourth-order valence-electron chi connectivity index (χ4n) is 5.29. The Kier molecular flexibility index (Phi) is 8.28. The van der Waals surface area contributed by atoms with Crippen LogP contribution in [0.2, 0.25) is 0 Å². The van der Waals surface area contributed by atoms with Crippen molar-refractivity contribution in [3.63, 3.8) is 0 Å². The predicted molar refractivity (Wildman–Crippen MR) is 138 cm³/mol. The number of aryl methyl sites for hydroxylation is 1. The molecule has 0 spiro atoms. The number of benzene rings is 2. The highest BCUT2D eigenvalue weighted by atomic mass is 16.7. The molecule has 2 saturated heterocycles. The van der Waals surface area contributed by atoms with Gasteiger partial charge in [-0.1, -0.05) is 0 Å². The van der Waals surface area contributed by atoms with E-state index in [0.717, 1.165) is 0 Å². The fourth-order valence-corrected chi connectivity index (χ4v) is 5.29. The van der Waals surface area contributed by atoms with E-state index in [9.17, 15) is 45.3 Å². The number of hydrogen-bond acceptors (Lipinski definition) is 14.